The Morgan fingerprint density at radius 2 is 1.64 bits per heavy atom. The summed E-state index contributed by atoms with van der Waals surface area (Å²) in [6.45, 7) is 0. The summed E-state index contributed by atoms with van der Waals surface area (Å²) in [6.07, 6.45) is 0.468. The van der Waals surface area contributed by atoms with Gasteiger partial charge in [-0.3, -0.25) is 10.1 Å². The van der Waals surface area contributed by atoms with Gasteiger partial charge in [-0.2, -0.15) is 0 Å². The number of carboxylic acids is 2. The molecule has 6 nitrogen and oxygen atoms in total. The van der Waals surface area contributed by atoms with E-state index >= 15 is 0 Å². The molecule has 2 heterocycles. The number of carbonyl (C=O) groups is 2. The van der Waals surface area contributed by atoms with Crippen molar-refractivity contribution in [2.45, 2.75) is 30.5 Å². The summed E-state index contributed by atoms with van der Waals surface area (Å²) in [7, 11) is 0. The van der Waals surface area contributed by atoms with E-state index in [0.717, 1.165) is 11.3 Å². The monoisotopic (exact) mass is 338 g/mol. The van der Waals surface area contributed by atoms with Crippen LogP contribution in [0.15, 0.2) is 48.5 Å². The van der Waals surface area contributed by atoms with Crippen molar-refractivity contribution >= 4 is 17.6 Å². The summed E-state index contributed by atoms with van der Waals surface area (Å²) in [5.41, 5.74) is 2.89. The number of para-hydroxylation sites is 1. The number of nitrogens with one attached hydrogen (secondary N) is 2. The highest BCUT2D eigenvalue weighted by Crippen LogP contribution is 2.46. The summed E-state index contributed by atoms with van der Waals surface area (Å²) in [4.78, 5) is 23.3. The van der Waals surface area contributed by atoms with Crippen molar-refractivity contribution in [2.75, 3.05) is 5.32 Å². The van der Waals surface area contributed by atoms with Gasteiger partial charge in [0, 0.05) is 11.6 Å². The number of benzene rings is 2. The number of carboxylic acid groups (broad SMARTS) is 2. The van der Waals surface area contributed by atoms with Crippen molar-refractivity contribution in [3.05, 3.63) is 65.2 Å². The molecule has 2 aliphatic rings. The van der Waals surface area contributed by atoms with Crippen LogP contribution < -0.4 is 10.6 Å². The van der Waals surface area contributed by atoms with E-state index in [1.165, 1.54) is 0 Å². The summed E-state index contributed by atoms with van der Waals surface area (Å²) in [6, 6.07) is 13.4. The molecular formula is C19H18N2O4. The minimum absolute atomic E-state index is 0.0189. The minimum atomic E-state index is -1.01. The van der Waals surface area contributed by atoms with Gasteiger partial charge in [0.05, 0.1) is 17.6 Å². The lowest BCUT2D eigenvalue weighted by Gasteiger charge is -2.39. The fourth-order valence-corrected chi connectivity index (χ4v) is 4.08. The van der Waals surface area contributed by atoms with E-state index in [9.17, 15) is 19.8 Å². The molecule has 1 saturated heterocycles. The molecule has 25 heavy (non-hydrogen) atoms. The molecule has 4 rings (SSSR count). The fourth-order valence-electron chi connectivity index (χ4n) is 4.08. The molecule has 2 aliphatic heterocycles. The Morgan fingerprint density at radius 3 is 2.36 bits per heavy atom. The predicted molar refractivity (Wildman–Crippen MR) is 91.9 cm³/mol. The second-order valence-corrected chi connectivity index (χ2v) is 6.53. The molecular weight excluding hydrogens is 320 g/mol. The number of fused-ring (bicyclic) bond motifs is 3. The van der Waals surface area contributed by atoms with E-state index < -0.39 is 24.0 Å². The number of hydrogen-bond acceptors (Lipinski definition) is 4. The van der Waals surface area contributed by atoms with Gasteiger partial charge in [0.2, 0.25) is 0 Å². The maximum Gasteiger partial charge on any atom is 0.336 e. The first-order valence-corrected chi connectivity index (χ1v) is 8.23. The lowest BCUT2D eigenvalue weighted by molar-refractivity contribution is -0.140. The molecule has 0 radical (unpaired) electrons. The SMILES string of the molecule is O=C(O)c1ccccc1[C@@H]1N[C@@H](C(=O)O)C[C@H]2c3ccccc3N[C@@H]21. The lowest BCUT2D eigenvalue weighted by Crippen LogP contribution is -2.52. The molecule has 6 heteroatoms. The molecule has 1 fully saturated rings. The number of anilines is 1. The molecule has 2 aromatic rings. The van der Waals surface area contributed by atoms with Crippen LogP contribution in [0.2, 0.25) is 0 Å². The summed E-state index contributed by atoms with van der Waals surface area (Å²) in [5, 5.41) is 25.7. The maximum absolute atomic E-state index is 11.7. The Hall–Kier alpha value is -2.86. The van der Waals surface area contributed by atoms with Crippen LogP contribution in [0.25, 0.3) is 0 Å². The van der Waals surface area contributed by atoms with Crippen molar-refractivity contribution in [3.63, 3.8) is 0 Å². The van der Waals surface area contributed by atoms with Crippen LogP contribution in [0.3, 0.4) is 0 Å². The zero-order chi connectivity index (χ0) is 17.6. The van der Waals surface area contributed by atoms with E-state index in [0.29, 0.717) is 12.0 Å². The number of aliphatic carboxylic acids is 1. The van der Waals surface area contributed by atoms with Crippen LogP contribution in [-0.2, 0) is 4.79 Å². The normalized spacial score (nSPS) is 27.0. The largest absolute Gasteiger partial charge is 0.480 e. The summed E-state index contributed by atoms with van der Waals surface area (Å²) < 4.78 is 0. The Labute approximate surface area is 144 Å². The zero-order valence-corrected chi connectivity index (χ0v) is 13.3. The number of aromatic carboxylic acids is 1. The van der Waals surface area contributed by atoms with Gasteiger partial charge in [0.1, 0.15) is 6.04 Å². The highest BCUT2D eigenvalue weighted by Gasteiger charge is 2.46. The van der Waals surface area contributed by atoms with Crippen LogP contribution in [0.4, 0.5) is 5.69 Å². The third-order valence-electron chi connectivity index (χ3n) is 5.17. The topological polar surface area (TPSA) is 98.7 Å². The standard InChI is InChI=1S/C19H18N2O4/c22-18(23)12-7-2-1-6-11(12)16-17-13(9-15(21-16)19(24)25)10-5-3-4-8-14(10)20-17/h1-8,13,15-17,20-21H,9H2,(H,22,23)(H,24,25)/t13-,15+,16-,17-/m0/s1. The molecule has 0 aromatic heterocycles. The van der Waals surface area contributed by atoms with Gasteiger partial charge in [0.15, 0.2) is 0 Å². The number of piperidine rings is 1. The zero-order valence-electron chi connectivity index (χ0n) is 13.3. The molecule has 2 aromatic carbocycles. The van der Waals surface area contributed by atoms with E-state index in [1.54, 1.807) is 24.3 Å². The predicted octanol–water partition coefficient (Wildman–Crippen LogP) is 2.45. The molecule has 4 N–H and O–H groups in total. The quantitative estimate of drug-likeness (QED) is 0.686. The highest BCUT2D eigenvalue weighted by molar-refractivity contribution is 5.89. The van der Waals surface area contributed by atoms with Gasteiger partial charge >= 0.3 is 11.9 Å². The molecule has 0 spiro atoms. The summed E-state index contributed by atoms with van der Waals surface area (Å²) >= 11 is 0. The van der Waals surface area contributed by atoms with Crippen molar-refractivity contribution in [1.82, 2.24) is 5.32 Å². The van der Waals surface area contributed by atoms with Gasteiger partial charge in [-0.15, -0.1) is 0 Å². The van der Waals surface area contributed by atoms with E-state index in [2.05, 4.69) is 10.6 Å². The first-order chi connectivity index (χ1) is 12.1. The van der Waals surface area contributed by atoms with Gasteiger partial charge in [-0.05, 0) is 29.7 Å². The highest BCUT2D eigenvalue weighted by atomic mass is 16.4. The molecule has 0 aliphatic carbocycles. The first kappa shape index (κ1) is 15.7. The lowest BCUT2D eigenvalue weighted by atomic mass is 9.78. The first-order valence-electron chi connectivity index (χ1n) is 8.23. The molecule has 128 valence electrons. The van der Waals surface area contributed by atoms with Gasteiger partial charge in [-0.1, -0.05) is 36.4 Å². The third kappa shape index (κ3) is 2.55. The minimum Gasteiger partial charge on any atom is -0.480 e. The van der Waals surface area contributed by atoms with Gasteiger partial charge in [0.25, 0.3) is 0 Å². The van der Waals surface area contributed by atoms with Crippen molar-refractivity contribution in [1.29, 1.82) is 0 Å². The van der Waals surface area contributed by atoms with Crippen LogP contribution in [0.5, 0.6) is 0 Å². The van der Waals surface area contributed by atoms with Crippen LogP contribution in [0, 0.1) is 0 Å². The fraction of sp³-hybridized carbons (Fsp3) is 0.263. The van der Waals surface area contributed by atoms with E-state index in [-0.39, 0.29) is 17.5 Å². The Balaban J connectivity index is 1.80. The van der Waals surface area contributed by atoms with Crippen LogP contribution in [0.1, 0.15) is 39.9 Å². The Morgan fingerprint density at radius 1 is 0.960 bits per heavy atom. The Kier molecular flexibility index (Phi) is 3.69. The van der Waals surface area contributed by atoms with Crippen LogP contribution >= 0.6 is 0 Å². The van der Waals surface area contributed by atoms with Crippen molar-refractivity contribution in [2.24, 2.45) is 0 Å². The second-order valence-electron chi connectivity index (χ2n) is 6.53. The second kappa shape index (κ2) is 5.89. The van der Waals surface area contributed by atoms with Crippen LogP contribution in [-0.4, -0.2) is 34.2 Å². The summed E-state index contributed by atoms with van der Waals surface area (Å²) in [5.74, 6) is -1.91. The number of hydrogen-bond donors (Lipinski definition) is 4. The third-order valence-corrected chi connectivity index (χ3v) is 5.17. The smallest absolute Gasteiger partial charge is 0.336 e. The molecule has 4 atom stereocenters. The molecule has 0 unspecified atom stereocenters. The van der Waals surface area contributed by atoms with Crippen molar-refractivity contribution in [3.8, 4) is 0 Å². The average Bonchev–Trinajstić information content (AvgIpc) is 2.99. The Bertz CT molecular complexity index is 851. The van der Waals surface area contributed by atoms with E-state index in [4.69, 9.17) is 0 Å². The average molecular weight is 338 g/mol. The van der Waals surface area contributed by atoms with Gasteiger partial charge in [-0.25, -0.2) is 4.79 Å². The van der Waals surface area contributed by atoms with Gasteiger partial charge < -0.3 is 15.5 Å². The molecule has 0 amide bonds. The molecule has 0 saturated carbocycles. The van der Waals surface area contributed by atoms with Crippen molar-refractivity contribution < 1.29 is 19.8 Å². The maximum atomic E-state index is 11.7. The number of rotatable bonds is 3. The molecule has 0 bridgehead atoms. The van der Waals surface area contributed by atoms with E-state index in [1.807, 2.05) is 24.3 Å².